The standard InChI is InChI=1S/C14H14F3NO3/c15-8-5-10(16)12(11(17)6-8)13(19)18-9-3-1-7(2-4-9)14(20)21/h5-7,9H,1-4H2,(H,18,19)(H,20,21). The molecule has 2 rings (SSSR count). The van der Waals surface area contributed by atoms with Gasteiger partial charge in [0.15, 0.2) is 0 Å². The molecule has 0 heterocycles. The van der Waals surface area contributed by atoms with E-state index in [4.69, 9.17) is 5.11 Å². The zero-order valence-corrected chi connectivity index (χ0v) is 11.0. The zero-order valence-electron chi connectivity index (χ0n) is 11.0. The Morgan fingerprint density at radius 3 is 2.05 bits per heavy atom. The second-order valence-electron chi connectivity index (χ2n) is 5.10. The molecule has 1 saturated carbocycles. The summed E-state index contributed by atoms with van der Waals surface area (Å²) in [6, 6.07) is 0.551. The molecule has 0 radical (unpaired) electrons. The molecule has 21 heavy (non-hydrogen) atoms. The Morgan fingerprint density at radius 2 is 1.57 bits per heavy atom. The van der Waals surface area contributed by atoms with Crippen molar-refractivity contribution in [2.24, 2.45) is 5.92 Å². The van der Waals surface area contributed by atoms with Gasteiger partial charge in [0.25, 0.3) is 5.91 Å². The summed E-state index contributed by atoms with van der Waals surface area (Å²) in [6.45, 7) is 0. The Kier molecular flexibility index (Phi) is 4.50. The molecule has 0 saturated heterocycles. The summed E-state index contributed by atoms with van der Waals surface area (Å²) in [6.07, 6.45) is 1.64. The molecule has 7 heteroatoms. The van der Waals surface area contributed by atoms with Crippen molar-refractivity contribution >= 4 is 11.9 Å². The van der Waals surface area contributed by atoms with Gasteiger partial charge in [0.1, 0.15) is 23.0 Å². The molecule has 2 N–H and O–H groups in total. The summed E-state index contributed by atoms with van der Waals surface area (Å²) in [5.41, 5.74) is -0.822. The van der Waals surface area contributed by atoms with Crippen molar-refractivity contribution in [3.63, 3.8) is 0 Å². The Morgan fingerprint density at radius 1 is 1.05 bits per heavy atom. The second kappa shape index (κ2) is 6.15. The maximum absolute atomic E-state index is 13.5. The van der Waals surface area contributed by atoms with Crippen LogP contribution in [0.4, 0.5) is 13.2 Å². The van der Waals surface area contributed by atoms with Gasteiger partial charge >= 0.3 is 5.97 Å². The molecule has 1 aliphatic rings. The third-order valence-corrected chi connectivity index (χ3v) is 3.65. The smallest absolute Gasteiger partial charge is 0.306 e. The number of nitrogens with one attached hydrogen (secondary N) is 1. The van der Waals surface area contributed by atoms with Crippen LogP contribution in [-0.2, 0) is 4.79 Å². The number of rotatable bonds is 3. The van der Waals surface area contributed by atoms with E-state index in [1.54, 1.807) is 0 Å². The number of carboxylic acid groups (broad SMARTS) is 1. The molecule has 0 spiro atoms. The molecule has 1 aromatic rings. The predicted molar refractivity (Wildman–Crippen MR) is 67.2 cm³/mol. The first-order chi connectivity index (χ1) is 9.88. The van der Waals surface area contributed by atoms with Gasteiger partial charge in [-0.1, -0.05) is 0 Å². The fourth-order valence-electron chi connectivity index (χ4n) is 2.50. The maximum atomic E-state index is 13.5. The monoisotopic (exact) mass is 301 g/mol. The van der Waals surface area contributed by atoms with Gasteiger partial charge in [0.2, 0.25) is 0 Å². The molecule has 4 nitrogen and oxygen atoms in total. The lowest BCUT2D eigenvalue weighted by Crippen LogP contribution is -2.39. The van der Waals surface area contributed by atoms with Gasteiger partial charge in [-0.05, 0) is 25.7 Å². The summed E-state index contributed by atoms with van der Waals surface area (Å²) >= 11 is 0. The number of carbonyl (C=O) groups is 2. The van der Waals surface area contributed by atoms with Gasteiger partial charge in [-0.15, -0.1) is 0 Å². The minimum Gasteiger partial charge on any atom is -0.481 e. The molecule has 114 valence electrons. The second-order valence-corrected chi connectivity index (χ2v) is 5.10. The van der Waals surface area contributed by atoms with E-state index in [9.17, 15) is 22.8 Å². The molecule has 0 aliphatic heterocycles. The maximum Gasteiger partial charge on any atom is 0.306 e. The van der Waals surface area contributed by atoms with E-state index < -0.39 is 40.8 Å². The van der Waals surface area contributed by atoms with Gasteiger partial charge in [0.05, 0.1) is 5.92 Å². The van der Waals surface area contributed by atoms with Crippen LogP contribution in [0.25, 0.3) is 0 Å². The molecule has 1 amide bonds. The Labute approximate surface area is 119 Å². The lowest BCUT2D eigenvalue weighted by Gasteiger charge is -2.26. The zero-order chi connectivity index (χ0) is 15.6. The number of hydrogen-bond acceptors (Lipinski definition) is 2. The molecule has 0 unspecified atom stereocenters. The highest BCUT2D eigenvalue weighted by Crippen LogP contribution is 2.25. The molecule has 0 bridgehead atoms. The topological polar surface area (TPSA) is 66.4 Å². The quantitative estimate of drug-likeness (QED) is 0.901. The number of aliphatic carboxylic acids is 1. The van der Waals surface area contributed by atoms with Crippen LogP contribution >= 0.6 is 0 Å². The first-order valence-electron chi connectivity index (χ1n) is 6.56. The third-order valence-electron chi connectivity index (χ3n) is 3.65. The van der Waals surface area contributed by atoms with E-state index in [-0.39, 0.29) is 6.04 Å². The van der Waals surface area contributed by atoms with Crippen LogP contribution in [0.1, 0.15) is 36.0 Å². The number of carboxylic acids is 1. The number of carbonyl (C=O) groups excluding carboxylic acids is 1. The van der Waals surface area contributed by atoms with E-state index in [1.807, 2.05) is 0 Å². The van der Waals surface area contributed by atoms with Crippen molar-refractivity contribution in [2.75, 3.05) is 0 Å². The van der Waals surface area contributed by atoms with Crippen LogP contribution in [0.2, 0.25) is 0 Å². The molecule has 0 aromatic heterocycles. The lowest BCUT2D eigenvalue weighted by molar-refractivity contribution is -0.142. The molecular formula is C14H14F3NO3. The van der Waals surface area contributed by atoms with Crippen LogP contribution in [-0.4, -0.2) is 23.0 Å². The van der Waals surface area contributed by atoms with E-state index in [2.05, 4.69) is 5.32 Å². The normalized spacial score (nSPS) is 21.9. The minimum absolute atomic E-state index is 0.336. The summed E-state index contributed by atoms with van der Waals surface area (Å²) in [5.74, 6) is -5.89. The van der Waals surface area contributed by atoms with Crippen molar-refractivity contribution < 1.29 is 27.9 Å². The van der Waals surface area contributed by atoms with Gasteiger partial charge in [0, 0.05) is 18.2 Å². The molecular weight excluding hydrogens is 287 g/mol. The molecule has 1 fully saturated rings. The fraction of sp³-hybridized carbons (Fsp3) is 0.429. The summed E-state index contributed by atoms with van der Waals surface area (Å²) < 4.78 is 39.7. The van der Waals surface area contributed by atoms with Gasteiger partial charge in [-0.3, -0.25) is 9.59 Å². The van der Waals surface area contributed by atoms with Crippen molar-refractivity contribution in [3.05, 3.63) is 35.1 Å². The first kappa shape index (κ1) is 15.3. The van der Waals surface area contributed by atoms with Crippen molar-refractivity contribution in [3.8, 4) is 0 Å². The highest BCUT2D eigenvalue weighted by atomic mass is 19.1. The van der Waals surface area contributed by atoms with Gasteiger partial charge in [-0.25, -0.2) is 13.2 Å². The highest BCUT2D eigenvalue weighted by Gasteiger charge is 2.28. The summed E-state index contributed by atoms with van der Waals surface area (Å²) in [7, 11) is 0. The average Bonchev–Trinajstić information content (AvgIpc) is 2.37. The number of hydrogen-bond donors (Lipinski definition) is 2. The first-order valence-corrected chi connectivity index (χ1v) is 6.56. The van der Waals surface area contributed by atoms with Crippen LogP contribution in [0.5, 0.6) is 0 Å². The average molecular weight is 301 g/mol. The van der Waals surface area contributed by atoms with Gasteiger partial charge in [-0.2, -0.15) is 0 Å². The number of amides is 1. The van der Waals surface area contributed by atoms with Crippen LogP contribution < -0.4 is 5.32 Å². The Bertz CT molecular complexity index is 546. The Balaban J connectivity index is 2.02. The fourth-order valence-corrected chi connectivity index (χ4v) is 2.50. The number of benzene rings is 1. The molecule has 1 aromatic carbocycles. The highest BCUT2D eigenvalue weighted by molar-refractivity contribution is 5.95. The molecule has 0 atom stereocenters. The van der Waals surface area contributed by atoms with Crippen molar-refractivity contribution in [1.29, 1.82) is 0 Å². The van der Waals surface area contributed by atoms with E-state index in [1.165, 1.54) is 0 Å². The van der Waals surface area contributed by atoms with Crippen LogP contribution in [0.3, 0.4) is 0 Å². The predicted octanol–water partition coefficient (Wildman–Crippen LogP) is 2.48. The third kappa shape index (κ3) is 3.53. The summed E-state index contributed by atoms with van der Waals surface area (Å²) in [5, 5.41) is 11.3. The largest absolute Gasteiger partial charge is 0.481 e. The number of halogens is 3. The van der Waals surface area contributed by atoms with Gasteiger partial charge < -0.3 is 10.4 Å². The van der Waals surface area contributed by atoms with E-state index in [0.29, 0.717) is 37.8 Å². The Hall–Kier alpha value is -2.05. The molecule has 1 aliphatic carbocycles. The van der Waals surface area contributed by atoms with E-state index >= 15 is 0 Å². The van der Waals surface area contributed by atoms with E-state index in [0.717, 1.165) is 0 Å². The van der Waals surface area contributed by atoms with Crippen LogP contribution in [0.15, 0.2) is 12.1 Å². The van der Waals surface area contributed by atoms with Crippen molar-refractivity contribution in [1.82, 2.24) is 5.32 Å². The van der Waals surface area contributed by atoms with Crippen molar-refractivity contribution in [2.45, 2.75) is 31.7 Å². The minimum atomic E-state index is -1.26. The lowest BCUT2D eigenvalue weighted by atomic mass is 9.86. The van der Waals surface area contributed by atoms with Crippen LogP contribution in [0, 0.1) is 23.4 Å². The SMILES string of the molecule is O=C(NC1CCC(C(=O)O)CC1)c1c(F)cc(F)cc1F. The summed E-state index contributed by atoms with van der Waals surface area (Å²) in [4.78, 5) is 22.7.